The second kappa shape index (κ2) is 11.0. The number of nitrogens with two attached hydrogens (primary N) is 1. The molecule has 0 rings (SSSR count). The summed E-state index contributed by atoms with van der Waals surface area (Å²) in [6, 6.07) is -1.43. The molecule has 128 valence electrons. The molecule has 0 radical (unpaired) electrons. The number of carbonyl (C=O) groups excluding carboxylic acids is 3. The zero-order chi connectivity index (χ0) is 17.1. The van der Waals surface area contributed by atoms with E-state index in [1.165, 1.54) is 0 Å². The summed E-state index contributed by atoms with van der Waals surface area (Å²) in [5.41, 5.74) is 4.99. The molecule has 0 aliphatic heterocycles. The molecule has 0 aliphatic rings. The van der Waals surface area contributed by atoms with E-state index >= 15 is 0 Å². The molecule has 0 saturated carbocycles. The predicted molar refractivity (Wildman–Crippen MR) is 86.4 cm³/mol. The number of urea groups is 1. The summed E-state index contributed by atoms with van der Waals surface area (Å²) in [5.74, 6) is -0.0354. The second-order valence-electron chi connectivity index (χ2n) is 5.59. The van der Waals surface area contributed by atoms with Crippen molar-refractivity contribution >= 4 is 17.7 Å². The molecular weight excluding hydrogens is 284 g/mol. The largest absolute Gasteiger partial charge is 0.352 e. The first-order valence-electron chi connectivity index (χ1n) is 7.93. The zero-order valence-corrected chi connectivity index (χ0v) is 14.1. The fraction of sp³-hybridized carbons (Fsp3) is 0.800. The minimum Gasteiger partial charge on any atom is -0.352 e. The number of hydrogen-bond donors (Lipinski definition) is 4. The molecule has 0 bridgehead atoms. The van der Waals surface area contributed by atoms with Gasteiger partial charge in [-0.1, -0.05) is 27.7 Å². The molecule has 0 spiro atoms. The number of Topliss-reactive ketones (excluding diaryl/α,β-unsaturated/α-hetero) is 1. The average molecular weight is 314 g/mol. The van der Waals surface area contributed by atoms with Gasteiger partial charge in [-0.3, -0.25) is 9.59 Å². The minimum absolute atomic E-state index is 0.00794. The molecule has 7 nitrogen and oxygen atoms in total. The molecule has 0 aliphatic carbocycles. The number of carbonyl (C=O) groups is 3. The first-order valence-corrected chi connectivity index (χ1v) is 7.93. The monoisotopic (exact) mass is 314 g/mol. The number of likely N-dealkylation sites (N-methyl/N-ethyl adjacent to an activating group) is 1. The Morgan fingerprint density at radius 1 is 1.14 bits per heavy atom. The van der Waals surface area contributed by atoms with E-state index in [1.807, 2.05) is 20.8 Å². The third kappa shape index (κ3) is 7.97. The number of nitrogens with one attached hydrogen (secondary N) is 3. The highest BCUT2D eigenvalue weighted by Crippen LogP contribution is 2.06. The Morgan fingerprint density at radius 2 is 1.77 bits per heavy atom. The summed E-state index contributed by atoms with van der Waals surface area (Å²) < 4.78 is 0. The molecule has 0 unspecified atom stereocenters. The van der Waals surface area contributed by atoms with Gasteiger partial charge in [0.25, 0.3) is 0 Å². The molecule has 0 heterocycles. The van der Waals surface area contributed by atoms with Gasteiger partial charge in [-0.25, -0.2) is 4.79 Å². The molecule has 3 amide bonds. The van der Waals surface area contributed by atoms with E-state index < -0.39 is 12.1 Å². The number of amides is 3. The number of hydrogen-bond acceptors (Lipinski definition) is 4. The van der Waals surface area contributed by atoms with E-state index in [4.69, 9.17) is 5.73 Å². The van der Waals surface area contributed by atoms with Crippen LogP contribution in [-0.2, 0) is 9.59 Å². The van der Waals surface area contributed by atoms with Crippen LogP contribution in [0.4, 0.5) is 4.79 Å². The Labute approximate surface area is 132 Å². The maximum absolute atomic E-state index is 12.3. The van der Waals surface area contributed by atoms with Gasteiger partial charge in [0.05, 0.1) is 12.1 Å². The lowest BCUT2D eigenvalue weighted by atomic mass is 10.0. The van der Waals surface area contributed by atoms with Crippen molar-refractivity contribution < 1.29 is 14.4 Å². The lowest BCUT2D eigenvalue weighted by Gasteiger charge is -2.24. The Hall–Kier alpha value is -1.63. The number of rotatable bonds is 11. The van der Waals surface area contributed by atoms with E-state index in [0.29, 0.717) is 32.4 Å². The van der Waals surface area contributed by atoms with E-state index in [-0.39, 0.29) is 23.7 Å². The zero-order valence-electron chi connectivity index (χ0n) is 14.1. The van der Waals surface area contributed by atoms with E-state index in [2.05, 4.69) is 16.0 Å². The highest BCUT2D eigenvalue weighted by molar-refractivity contribution is 5.90. The lowest BCUT2D eigenvalue weighted by Crippen LogP contribution is -2.52. The summed E-state index contributed by atoms with van der Waals surface area (Å²) in [5, 5.41) is 8.43. The smallest absolute Gasteiger partial charge is 0.312 e. The summed E-state index contributed by atoms with van der Waals surface area (Å²) in [6.07, 6.45) is 1.42. The fourth-order valence-electron chi connectivity index (χ4n) is 2.19. The van der Waals surface area contributed by atoms with Crippen molar-refractivity contribution in [3.8, 4) is 0 Å². The molecule has 0 saturated heterocycles. The summed E-state index contributed by atoms with van der Waals surface area (Å²) >= 11 is 0. The highest BCUT2D eigenvalue weighted by Gasteiger charge is 2.25. The lowest BCUT2D eigenvalue weighted by molar-refractivity contribution is -0.129. The maximum Gasteiger partial charge on any atom is 0.312 e. The molecule has 0 aromatic carbocycles. The molecule has 0 fully saturated rings. The molecule has 7 heteroatoms. The van der Waals surface area contributed by atoms with Gasteiger partial charge in [0.2, 0.25) is 5.91 Å². The van der Waals surface area contributed by atoms with Crippen molar-refractivity contribution in [3.05, 3.63) is 0 Å². The van der Waals surface area contributed by atoms with E-state index in [9.17, 15) is 14.4 Å². The summed E-state index contributed by atoms with van der Waals surface area (Å²) in [6.45, 7) is 8.70. The van der Waals surface area contributed by atoms with Crippen molar-refractivity contribution in [2.24, 2.45) is 11.7 Å². The molecular formula is C15H30N4O3. The van der Waals surface area contributed by atoms with Crippen LogP contribution < -0.4 is 21.7 Å². The van der Waals surface area contributed by atoms with Crippen LogP contribution in [0.2, 0.25) is 0 Å². The normalized spacial score (nSPS) is 13.5. The van der Waals surface area contributed by atoms with Crippen molar-refractivity contribution in [1.29, 1.82) is 0 Å². The third-order valence-electron chi connectivity index (χ3n) is 3.40. The third-order valence-corrected chi connectivity index (χ3v) is 3.40. The second-order valence-corrected chi connectivity index (χ2v) is 5.59. The predicted octanol–water partition coefficient (Wildman–Crippen LogP) is 0.533. The first-order chi connectivity index (χ1) is 10.3. The summed E-state index contributed by atoms with van der Waals surface area (Å²) in [7, 11) is 0. The molecule has 22 heavy (non-hydrogen) atoms. The molecule has 2 atom stereocenters. The van der Waals surface area contributed by atoms with Crippen LogP contribution in [0.5, 0.6) is 0 Å². The van der Waals surface area contributed by atoms with Crippen molar-refractivity contribution in [2.45, 2.75) is 59.0 Å². The van der Waals surface area contributed by atoms with Gasteiger partial charge in [0, 0.05) is 13.0 Å². The Balaban J connectivity index is 4.59. The van der Waals surface area contributed by atoms with Gasteiger partial charge < -0.3 is 21.7 Å². The van der Waals surface area contributed by atoms with Crippen LogP contribution in [0.1, 0.15) is 47.0 Å². The van der Waals surface area contributed by atoms with Crippen LogP contribution in [0.3, 0.4) is 0 Å². The Morgan fingerprint density at radius 3 is 2.23 bits per heavy atom. The standard InChI is InChI=1S/C15H30N4O3/c1-5-12(20)11(8-7-9-18-15(16)22)19-14(21)13(10(3)4)17-6-2/h10-11,13,17H,5-9H2,1-4H3,(H,19,21)(H3,16,18,22)/t11-,13-/m0/s1. The van der Waals surface area contributed by atoms with Gasteiger partial charge in [0.1, 0.15) is 0 Å². The maximum atomic E-state index is 12.3. The van der Waals surface area contributed by atoms with Crippen LogP contribution in [0, 0.1) is 5.92 Å². The van der Waals surface area contributed by atoms with Gasteiger partial charge in [0.15, 0.2) is 5.78 Å². The summed E-state index contributed by atoms with van der Waals surface area (Å²) in [4.78, 5) is 34.9. The van der Waals surface area contributed by atoms with Gasteiger partial charge in [-0.15, -0.1) is 0 Å². The quantitative estimate of drug-likeness (QED) is 0.417. The Kier molecular flexibility index (Phi) is 10.2. The SMILES string of the molecule is CCN[C@H](C(=O)N[C@@H](CCCNC(N)=O)C(=O)CC)C(C)C. The topological polar surface area (TPSA) is 113 Å². The first kappa shape index (κ1) is 20.4. The highest BCUT2D eigenvalue weighted by atomic mass is 16.2. The van der Waals surface area contributed by atoms with Crippen LogP contribution >= 0.6 is 0 Å². The van der Waals surface area contributed by atoms with Crippen molar-refractivity contribution in [1.82, 2.24) is 16.0 Å². The molecule has 5 N–H and O–H groups in total. The minimum atomic E-state index is -0.588. The van der Waals surface area contributed by atoms with Gasteiger partial charge in [-0.05, 0) is 25.3 Å². The van der Waals surface area contributed by atoms with E-state index in [1.54, 1.807) is 6.92 Å². The molecule has 0 aromatic heterocycles. The Bertz CT molecular complexity index is 372. The van der Waals surface area contributed by atoms with Gasteiger partial charge in [-0.2, -0.15) is 0 Å². The van der Waals surface area contributed by atoms with Gasteiger partial charge >= 0.3 is 6.03 Å². The van der Waals surface area contributed by atoms with Crippen molar-refractivity contribution in [2.75, 3.05) is 13.1 Å². The van der Waals surface area contributed by atoms with Crippen LogP contribution in [0.15, 0.2) is 0 Å². The molecule has 0 aromatic rings. The van der Waals surface area contributed by atoms with Crippen LogP contribution in [-0.4, -0.2) is 42.9 Å². The number of primary amides is 1. The van der Waals surface area contributed by atoms with Crippen molar-refractivity contribution in [3.63, 3.8) is 0 Å². The fourth-order valence-corrected chi connectivity index (χ4v) is 2.19. The average Bonchev–Trinajstić information content (AvgIpc) is 2.46. The van der Waals surface area contributed by atoms with E-state index in [0.717, 1.165) is 0 Å². The number of ketones is 1. The van der Waals surface area contributed by atoms with Crippen LogP contribution in [0.25, 0.3) is 0 Å².